The van der Waals surface area contributed by atoms with Gasteiger partial charge in [-0.25, -0.2) is 0 Å². The van der Waals surface area contributed by atoms with Crippen LogP contribution in [-0.4, -0.2) is 29.6 Å². The molecule has 0 aromatic heterocycles. The van der Waals surface area contributed by atoms with Crippen LogP contribution in [0.4, 0.5) is 5.69 Å². The fourth-order valence-corrected chi connectivity index (χ4v) is 2.70. The van der Waals surface area contributed by atoms with Crippen LogP contribution < -0.4 is 10.2 Å². The summed E-state index contributed by atoms with van der Waals surface area (Å²) in [5.74, 6) is -1.47. The molecule has 2 atom stereocenters. The SMILES string of the molecule is CCC1N(c2ccccc2)C(=O)C1(NC(C)=O)OC(C)=O. The van der Waals surface area contributed by atoms with Crippen molar-refractivity contribution in [2.75, 3.05) is 4.90 Å². The smallest absolute Gasteiger partial charge is 0.305 e. The lowest BCUT2D eigenvalue weighted by molar-refractivity contribution is -0.185. The lowest BCUT2D eigenvalue weighted by atomic mass is 9.86. The Morgan fingerprint density at radius 2 is 1.90 bits per heavy atom. The maximum Gasteiger partial charge on any atom is 0.305 e. The minimum atomic E-state index is -1.59. The van der Waals surface area contributed by atoms with Gasteiger partial charge in [-0.15, -0.1) is 0 Å². The van der Waals surface area contributed by atoms with E-state index in [2.05, 4.69) is 5.32 Å². The van der Waals surface area contributed by atoms with E-state index in [1.165, 1.54) is 13.8 Å². The van der Waals surface area contributed by atoms with Gasteiger partial charge >= 0.3 is 5.97 Å². The number of carbonyl (C=O) groups excluding carboxylic acids is 3. The lowest BCUT2D eigenvalue weighted by Gasteiger charge is -2.53. The van der Waals surface area contributed by atoms with E-state index in [4.69, 9.17) is 4.74 Å². The molecule has 2 unspecified atom stereocenters. The number of hydrogen-bond donors (Lipinski definition) is 1. The number of amides is 2. The molecule has 1 aliphatic heterocycles. The predicted octanol–water partition coefficient (Wildman–Crippen LogP) is 1.21. The molecule has 6 heteroatoms. The normalized spacial score (nSPS) is 24.2. The Balaban J connectivity index is 2.37. The summed E-state index contributed by atoms with van der Waals surface area (Å²) in [6.45, 7) is 4.37. The maximum atomic E-state index is 12.6. The third-order valence-electron chi connectivity index (χ3n) is 3.40. The number of rotatable bonds is 4. The molecule has 1 fully saturated rings. The number of ether oxygens (including phenoxy) is 1. The Hall–Kier alpha value is -2.37. The van der Waals surface area contributed by atoms with Gasteiger partial charge in [-0.3, -0.25) is 19.3 Å². The summed E-state index contributed by atoms with van der Waals surface area (Å²) in [6, 6.07) is 8.65. The highest BCUT2D eigenvalue weighted by Crippen LogP contribution is 2.38. The van der Waals surface area contributed by atoms with E-state index in [0.29, 0.717) is 12.1 Å². The quantitative estimate of drug-likeness (QED) is 0.514. The van der Waals surface area contributed by atoms with Crippen molar-refractivity contribution >= 4 is 23.5 Å². The molecular formula is C15H18N2O4. The van der Waals surface area contributed by atoms with Gasteiger partial charge in [0.1, 0.15) is 6.04 Å². The first-order valence-corrected chi connectivity index (χ1v) is 6.79. The van der Waals surface area contributed by atoms with E-state index in [1.807, 2.05) is 25.1 Å². The van der Waals surface area contributed by atoms with Crippen molar-refractivity contribution in [2.24, 2.45) is 0 Å². The van der Waals surface area contributed by atoms with Crippen LogP contribution in [0.25, 0.3) is 0 Å². The third kappa shape index (κ3) is 2.49. The van der Waals surface area contributed by atoms with Gasteiger partial charge in [0.05, 0.1) is 0 Å². The molecule has 0 radical (unpaired) electrons. The van der Waals surface area contributed by atoms with Crippen LogP contribution in [0.5, 0.6) is 0 Å². The topological polar surface area (TPSA) is 75.7 Å². The number of nitrogens with one attached hydrogen (secondary N) is 1. The van der Waals surface area contributed by atoms with E-state index in [0.717, 1.165) is 0 Å². The summed E-state index contributed by atoms with van der Waals surface area (Å²) in [5, 5.41) is 2.50. The van der Waals surface area contributed by atoms with Crippen LogP contribution in [0, 0.1) is 0 Å². The number of β-lactam (4-membered cyclic amide) rings is 1. The number of esters is 1. The standard InChI is InChI=1S/C15H18N2O4/c1-4-13-15(16-10(2)18,21-11(3)19)14(20)17(13)12-8-6-5-7-9-12/h5-9,13H,4H2,1-3H3,(H,16,18). The van der Waals surface area contributed by atoms with E-state index < -0.39 is 29.6 Å². The molecule has 0 saturated carbocycles. The molecule has 1 saturated heterocycles. The summed E-state index contributed by atoms with van der Waals surface area (Å²) in [5.41, 5.74) is -0.884. The lowest BCUT2D eigenvalue weighted by Crippen LogP contribution is -2.81. The Kier molecular flexibility index (Phi) is 3.97. The Labute approximate surface area is 123 Å². The molecule has 21 heavy (non-hydrogen) atoms. The number of anilines is 1. The fourth-order valence-electron chi connectivity index (χ4n) is 2.70. The zero-order valence-electron chi connectivity index (χ0n) is 12.3. The van der Waals surface area contributed by atoms with Crippen LogP contribution in [0.2, 0.25) is 0 Å². The molecule has 1 N–H and O–H groups in total. The number of benzene rings is 1. The van der Waals surface area contributed by atoms with E-state index in [1.54, 1.807) is 17.0 Å². The van der Waals surface area contributed by atoms with Crippen molar-refractivity contribution in [2.45, 2.75) is 39.0 Å². The average Bonchev–Trinajstić information content (AvgIpc) is 2.43. The molecule has 112 valence electrons. The van der Waals surface area contributed by atoms with Gasteiger partial charge in [0, 0.05) is 19.5 Å². The van der Waals surface area contributed by atoms with Gasteiger partial charge in [0.15, 0.2) is 0 Å². The molecule has 1 aromatic rings. The second kappa shape index (κ2) is 5.55. The average molecular weight is 290 g/mol. The van der Waals surface area contributed by atoms with Crippen LogP contribution in [0.1, 0.15) is 27.2 Å². The first-order valence-electron chi connectivity index (χ1n) is 6.79. The highest BCUT2D eigenvalue weighted by molar-refractivity contribution is 6.10. The Bertz CT molecular complexity index is 554. The van der Waals surface area contributed by atoms with Crippen molar-refractivity contribution < 1.29 is 19.1 Å². The molecular weight excluding hydrogens is 272 g/mol. The van der Waals surface area contributed by atoms with Crippen molar-refractivity contribution in [3.63, 3.8) is 0 Å². The van der Waals surface area contributed by atoms with Gasteiger partial charge in [-0.1, -0.05) is 25.1 Å². The van der Waals surface area contributed by atoms with E-state index >= 15 is 0 Å². The minimum absolute atomic E-state index is 0.421. The van der Waals surface area contributed by atoms with Crippen LogP contribution in [0.3, 0.4) is 0 Å². The first kappa shape index (κ1) is 15.0. The second-order valence-electron chi connectivity index (χ2n) is 4.95. The monoisotopic (exact) mass is 290 g/mol. The molecule has 0 spiro atoms. The van der Waals surface area contributed by atoms with Crippen molar-refractivity contribution in [3.8, 4) is 0 Å². The zero-order chi connectivity index (χ0) is 15.6. The van der Waals surface area contributed by atoms with Gasteiger partial charge in [0.2, 0.25) is 5.91 Å². The summed E-state index contributed by atoms with van der Waals surface area (Å²) >= 11 is 0. The summed E-state index contributed by atoms with van der Waals surface area (Å²) < 4.78 is 5.19. The van der Waals surface area contributed by atoms with Crippen molar-refractivity contribution in [1.29, 1.82) is 0 Å². The second-order valence-corrected chi connectivity index (χ2v) is 4.95. The summed E-state index contributed by atoms with van der Waals surface area (Å²) in [4.78, 5) is 36.8. The maximum absolute atomic E-state index is 12.6. The molecule has 1 heterocycles. The number of para-hydroxylation sites is 1. The van der Waals surface area contributed by atoms with Crippen molar-refractivity contribution in [3.05, 3.63) is 30.3 Å². The molecule has 2 amide bonds. The summed E-state index contributed by atoms with van der Waals surface area (Å²) in [7, 11) is 0. The van der Waals surface area contributed by atoms with Gasteiger partial charge in [-0.05, 0) is 18.6 Å². The number of hydrogen-bond acceptors (Lipinski definition) is 4. The molecule has 1 aromatic carbocycles. The molecule has 6 nitrogen and oxygen atoms in total. The molecule has 1 aliphatic rings. The van der Waals surface area contributed by atoms with Crippen LogP contribution in [0.15, 0.2) is 30.3 Å². The van der Waals surface area contributed by atoms with Gasteiger partial charge in [0.25, 0.3) is 11.6 Å². The third-order valence-corrected chi connectivity index (χ3v) is 3.40. The number of carbonyl (C=O) groups is 3. The summed E-state index contributed by atoms with van der Waals surface area (Å²) in [6.07, 6.45) is 0.536. The largest absolute Gasteiger partial charge is 0.427 e. The number of nitrogens with zero attached hydrogens (tertiary/aromatic N) is 1. The fraction of sp³-hybridized carbons (Fsp3) is 0.400. The predicted molar refractivity (Wildman–Crippen MR) is 76.3 cm³/mol. The Morgan fingerprint density at radius 3 is 2.38 bits per heavy atom. The molecule has 0 aliphatic carbocycles. The zero-order valence-corrected chi connectivity index (χ0v) is 12.3. The molecule has 0 bridgehead atoms. The highest BCUT2D eigenvalue weighted by Gasteiger charge is 2.64. The van der Waals surface area contributed by atoms with Crippen LogP contribution in [-0.2, 0) is 19.1 Å². The highest BCUT2D eigenvalue weighted by atomic mass is 16.6. The van der Waals surface area contributed by atoms with E-state index in [-0.39, 0.29) is 0 Å². The van der Waals surface area contributed by atoms with Gasteiger partial charge in [-0.2, -0.15) is 0 Å². The Morgan fingerprint density at radius 1 is 1.29 bits per heavy atom. The van der Waals surface area contributed by atoms with Gasteiger partial charge < -0.3 is 10.1 Å². The first-order chi connectivity index (χ1) is 9.92. The minimum Gasteiger partial charge on any atom is -0.427 e. The van der Waals surface area contributed by atoms with E-state index in [9.17, 15) is 14.4 Å². The van der Waals surface area contributed by atoms with Crippen molar-refractivity contribution in [1.82, 2.24) is 5.32 Å². The molecule has 2 rings (SSSR count). The van der Waals surface area contributed by atoms with Crippen LogP contribution >= 0.6 is 0 Å².